The molecule has 2 aromatic heterocycles. The first-order valence-electron chi connectivity index (χ1n) is 7.26. The van der Waals surface area contributed by atoms with Gasteiger partial charge in [-0.05, 0) is 32.4 Å². The molecular formula is C16H19N3O2. The van der Waals surface area contributed by atoms with Gasteiger partial charge in [-0.3, -0.25) is 9.36 Å². The van der Waals surface area contributed by atoms with E-state index in [0.29, 0.717) is 25.3 Å². The van der Waals surface area contributed by atoms with E-state index in [1.165, 1.54) is 0 Å². The normalized spacial score (nSPS) is 11.5. The molecule has 0 aliphatic heterocycles. The van der Waals surface area contributed by atoms with E-state index in [2.05, 4.69) is 16.0 Å². The third kappa shape index (κ3) is 2.56. The summed E-state index contributed by atoms with van der Waals surface area (Å²) in [4.78, 5) is 20.1. The summed E-state index contributed by atoms with van der Waals surface area (Å²) in [6.45, 7) is 5.98. The molecule has 0 saturated heterocycles. The van der Waals surface area contributed by atoms with Crippen LogP contribution >= 0.6 is 0 Å². The molecule has 0 fully saturated rings. The summed E-state index contributed by atoms with van der Waals surface area (Å²) >= 11 is 0. The van der Waals surface area contributed by atoms with Crippen LogP contribution in [0.2, 0.25) is 0 Å². The van der Waals surface area contributed by atoms with Crippen LogP contribution in [0.5, 0.6) is 0 Å². The van der Waals surface area contributed by atoms with Gasteiger partial charge in [0.2, 0.25) is 0 Å². The Bertz CT molecular complexity index is 833. The Hall–Kier alpha value is -2.14. The van der Waals surface area contributed by atoms with E-state index in [1.54, 1.807) is 10.9 Å². The summed E-state index contributed by atoms with van der Waals surface area (Å²) < 4.78 is 6.94. The standard InChI is InChI=1S/C16H19N3O2/c1-3-21-8-4-7-19-10-17-14-12-9-11(2)5-6-13(12)18-15(14)16(19)20/h5-6,9-10,18H,3-4,7-8H2,1-2H3. The Morgan fingerprint density at radius 2 is 2.24 bits per heavy atom. The summed E-state index contributed by atoms with van der Waals surface area (Å²) in [5.41, 5.74) is 3.41. The van der Waals surface area contributed by atoms with Gasteiger partial charge >= 0.3 is 0 Å². The quantitative estimate of drug-likeness (QED) is 0.733. The lowest BCUT2D eigenvalue weighted by atomic mass is 10.2. The lowest BCUT2D eigenvalue weighted by molar-refractivity contribution is 0.141. The lowest BCUT2D eigenvalue weighted by Crippen LogP contribution is -2.21. The van der Waals surface area contributed by atoms with E-state index in [9.17, 15) is 4.79 Å². The highest BCUT2D eigenvalue weighted by Gasteiger charge is 2.10. The fourth-order valence-corrected chi connectivity index (χ4v) is 2.54. The predicted octanol–water partition coefficient (Wildman–Crippen LogP) is 2.61. The van der Waals surface area contributed by atoms with Crippen LogP contribution in [0, 0.1) is 6.92 Å². The number of rotatable bonds is 5. The predicted molar refractivity (Wildman–Crippen MR) is 83.7 cm³/mol. The van der Waals surface area contributed by atoms with Crippen LogP contribution < -0.4 is 5.56 Å². The summed E-state index contributed by atoms with van der Waals surface area (Å²) in [5, 5.41) is 1.00. The summed E-state index contributed by atoms with van der Waals surface area (Å²) in [7, 11) is 0. The zero-order valence-electron chi connectivity index (χ0n) is 12.3. The van der Waals surface area contributed by atoms with Gasteiger partial charge in [-0.1, -0.05) is 11.6 Å². The third-order valence-corrected chi connectivity index (χ3v) is 3.62. The minimum absolute atomic E-state index is 0.0228. The SMILES string of the molecule is CCOCCCn1cnc2c([nH]c3ccc(C)cc32)c1=O. The van der Waals surface area contributed by atoms with E-state index in [0.717, 1.165) is 28.4 Å². The van der Waals surface area contributed by atoms with Crippen LogP contribution in [-0.4, -0.2) is 27.7 Å². The molecule has 3 aromatic rings. The van der Waals surface area contributed by atoms with E-state index in [4.69, 9.17) is 4.74 Å². The monoisotopic (exact) mass is 285 g/mol. The van der Waals surface area contributed by atoms with E-state index >= 15 is 0 Å². The van der Waals surface area contributed by atoms with Gasteiger partial charge in [0.15, 0.2) is 0 Å². The highest BCUT2D eigenvalue weighted by molar-refractivity contribution is 6.04. The number of aromatic amines is 1. The topological polar surface area (TPSA) is 59.9 Å². The Morgan fingerprint density at radius 3 is 3.05 bits per heavy atom. The van der Waals surface area contributed by atoms with Crippen molar-refractivity contribution < 1.29 is 4.74 Å². The van der Waals surface area contributed by atoms with Crippen molar-refractivity contribution >= 4 is 21.9 Å². The Kier molecular flexibility index (Phi) is 3.75. The molecule has 1 N–H and O–H groups in total. The van der Waals surface area contributed by atoms with Gasteiger partial charge in [0.25, 0.3) is 5.56 Å². The number of nitrogens with one attached hydrogen (secondary N) is 1. The summed E-state index contributed by atoms with van der Waals surface area (Å²) in [5.74, 6) is 0. The molecule has 5 heteroatoms. The highest BCUT2D eigenvalue weighted by atomic mass is 16.5. The lowest BCUT2D eigenvalue weighted by Gasteiger charge is -2.05. The van der Waals surface area contributed by atoms with Gasteiger partial charge in [-0.15, -0.1) is 0 Å². The summed E-state index contributed by atoms with van der Waals surface area (Å²) in [6.07, 6.45) is 2.44. The second-order valence-electron chi connectivity index (χ2n) is 5.19. The molecule has 1 aromatic carbocycles. The Labute approximate surface area is 122 Å². The van der Waals surface area contributed by atoms with Crippen LogP contribution in [-0.2, 0) is 11.3 Å². The molecule has 0 amide bonds. The van der Waals surface area contributed by atoms with Gasteiger partial charge in [-0.2, -0.15) is 0 Å². The third-order valence-electron chi connectivity index (χ3n) is 3.62. The number of benzene rings is 1. The molecule has 0 radical (unpaired) electrons. The number of aromatic nitrogens is 3. The Balaban J connectivity index is 2.01. The average molecular weight is 285 g/mol. The molecular weight excluding hydrogens is 266 g/mol. The van der Waals surface area contributed by atoms with Gasteiger partial charge in [0.1, 0.15) is 11.0 Å². The molecule has 0 atom stereocenters. The van der Waals surface area contributed by atoms with Crippen LogP contribution in [0.1, 0.15) is 18.9 Å². The molecule has 3 rings (SSSR count). The second kappa shape index (κ2) is 5.69. The van der Waals surface area contributed by atoms with Crippen LogP contribution in [0.3, 0.4) is 0 Å². The van der Waals surface area contributed by atoms with Gasteiger partial charge in [-0.25, -0.2) is 4.98 Å². The van der Waals surface area contributed by atoms with E-state index < -0.39 is 0 Å². The molecule has 0 unspecified atom stereocenters. The molecule has 0 aliphatic carbocycles. The van der Waals surface area contributed by atoms with Crippen molar-refractivity contribution in [3.63, 3.8) is 0 Å². The Morgan fingerprint density at radius 1 is 1.38 bits per heavy atom. The minimum Gasteiger partial charge on any atom is -0.382 e. The first-order chi connectivity index (χ1) is 10.2. The fraction of sp³-hybridized carbons (Fsp3) is 0.375. The van der Waals surface area contributed by atoms with E-state index in [1.807, 2.05) is 26.0 Å². The molecule has 2 heterocycles. The van der Waals surface area contributed by atoms with Crippen molar-refractivity contribution in [3.05, 3.63) is 40.4 Å². The maximum absolute atomic E-state index is 12.5. The van der Waals surface area contributed by atoms with Crippen molar-refractivity contribution in [3.8, 4) is 0 Å². The van der Waals surface area contributed by atoms with Crippen molar-refractivity contribution in [2.75, 3.05) is 13.2 Å². The second-order valence-corrected chi connectivity index (χ2v) is 5.19. The largest absolute Gasteiger partial charge is 0.382 e. The minimum atomic E-state index is -0.0228. The number of H-pyrrole nitrogens is 1. The first kappa shape index (κ1) is 13.8. The molecule has 110 valence electrons. The smallest absolute Gasteiger partial charge is 0.277 e. The zero-order chi connectivity index (χ0) is 14.8. The number of fused-ring (bicyclic) bond motifs is 3. The van der Waals surface area contributed by atoms with Gasteiger partial charge < -0.3 is 9.72 Å². The number of hydrogen-bond acceptors (Lipinski definition) is 3. The molecule has 0 bridgehead atoms. The molecule has 0 saturated carbocycles. The van der Waals surface area contributed by atoms with E-state index in [-0.39, 0.29) is 5.56 Å². The van der Waals surface area contributed by atoms with Gasteiger partial charge in [0, 0.05) is 30.7 Å². The van der Waals surface area contributed by atoms with Gasteiger partial charge in [0.05, 0.1) is 6.33 Å². The first-order valence-corrected chi connectivity index (χ1v) is 7.26. The highest BCUT2D eigenvalue weighted by Crippen LogP contribution is 2.22. The number of aryl methyl sites for hydroxylation is 2. The molecule has 0 spiro atoms. The van der Waals surface area contributed by atoms with Crippen molar-refractivity contribution in [1.82, 2.24) is 14.5 Å². The molecule has 21 heavy (non-hydrogen) atoms. The van der Waals surface area contributed by atoms with Crippen molar-refractivity contribution in [2.45, 2.75) is 26.8 Å². The molecule has 0 aliphatic rings. The van der Waals surface area contributed by atoms with Crippen molar-refractivity contribution in [2.24, 2.45) is 0 Å². The van der Waals surface area contributed by atoms with Crippen LogP contribution in [0.25, 0.3) is 21.9 Å². The maximum atomic E-state index is 12.5. The average Bonchev–Trinajstić information content (AvgIpc) is 2.84. The number of ether oxygens (including phenoxy) is 1. The number of nitrogens with zero attached hydrogens (tertiary/aromatic N) is 2. The number of hydrogen-bond donors (Lipinski definition) is 1. The summed E-state index contributed by atoms with van der Waals surface area (Å²) in [6, 6.07) is 6.07. The van der Waals surface area contributed by atoms with Crippen LogP contribution in [0.15, 0.2) is 29.3 Å². The van der Waals surface area contributed by atoms with Crippen LogP contribution in [0.4, 0.5) is 0 Å². The maximum Gasteiger partial charge on any atom is 0.277 e. The van der Waals surface area contributed by atoms with Crippen molar-refractivity contribution in [1.29, 1.82) is 0 Å². The fourth-order valence-electron chi connectivity index (χ4n) is 2.54. The molecule has 5 nitrogen and oxygen atoms in total. The zero-order valence-corrected chi connectivity index (χ0v) is 12.3.